The number of benzene rings is 1. The summed E-state index contributed by atoms with van der Waals surface area (Å²) in [4.78, 5) is 12.9. The van der Waals surface area contributed by atoms with Crippen molar-refractivity contribution in [3.05, 3.63) is 38.3 Å². The lowest BCUT2D eigenvalue weighted by molar-refractivity contribution is -0.385. The number of hydrogen-bond acceptors (Lipinski definition) is 4. The number of nitro benzene ring substituents is 1. The zero-order valence-electron chi connectivity index (χ0n) is 11.1. The Kier molecular flexibility index (Phi) is 6.88. The minimum absolute atomic E-state index is 0. The maximum Gasteiger partial charge on any atom is 0.283 e. The molecule has 20 heavy (non-hydrogen) atoms. The number of halogens is 2. The average molecular weight is 365 g/mol. The summed E-state index contributed by atoms with van der Waals surface area (Å²) in [6, 6.07) is 5.34. The Morgan fingerprint density at radius 1 is 1.40 bits per heavy atom. The topological polar surface area (TPSA) is 72.4 Å². The summed E-state index contributed by atoms with van der Waals surface area (Å²) in [5, 5.41) is 10.9. The lowest BCUT2D eigenvalue weighted by Gasteiger charge is -2.31. The van der Waals surface area contributed by atoms with Gasteiger partial charge in [-0.05, 0) is 66.0 Å². The summed E-state index contributed by atoms with van der Waals surface area (Å²) in [6.07, 6.45) is 2.24. The van der Waals surface area contributed by atoms with E-state index in [1.165, 1.54) is 0 Å². The largest absolute Gasteiger partial charge is 0.330 e. The van der Waals surface area contributed by atoms with Crippen LogP contribution in [0.3, 0.4) is 0 Å². The monoisotopic (exact) mass is 363 g/mol. The van der Waals surface area contributed by atoms with Crippen molar-refractivity contribution in [1.29, 1.82) is 0 Å². The maximum atomic E-state index is 10.9. The molecule has 0 saturated carbocycles. The molecule has 0 radical (unpaired) electrons. The van der Waals surface area contributed by atoms with E-state index < -0.39 is 0 Å². The molecule has 1 aromatic carbocycles. The molecule has 0 amide bonds. The van der Waals surface area contributed by atoms with Crippen LogP contribution in [0.5, 0.6) is 0 Å². The van der Waals surface area contributed by atoms with E-state index in [2.05, 4.69) is 20.8 Å². The number of nitro groups is 1. The van der Waals surface area contributed by atoms with Gasteiger partial charge in [0.05, 0.1) is 9.40 Å². The summed E-state index contributed by atoms with van der Waals surface area (Å²) < 4.78 is 0.531. The van der Waals surface area contributed by atoms with Crippen LogP contribution in [-0.4, -0.2) is 29.5 Å². The van der Waals surface area contributed by atoms with Gasteiger partial charge < -0.3 is 5.73 Å². The molecule has 2 rings (SSSR count). The molecule has 1 aromatic rings. The fraction of sp³-hybridized carbons (Fsp3) is 0.538. The molecule has 0 spiro atoms. The Labute approximate surface area is 133 Å². The minimum Gasteiger partial charge on any atom is -0.330 e. The van der Waals surface area contributed by atoms with E-state index in [1.54, 1.807) is 12.1 Å². The Morgan fingerprint density at radius 3 is 2.60 bits per heavy atom. The Balaban J connectivity index is 0.00000200. The van der Waals surface area contributed by atoms with Gasteiger partial charge in [-0.3, -0.25) is 15.0 Å². The average Bonchev–Trinajstić information content (AvgIpc) is 2.41. The van der Waals surface area contributed by atoms with E-state index in [-0.39, 0.29) is 23.0 Å². The van der Waals surface area contributed by atoms with Gasteiger partial charge in [-0.15, -0.1) is 12.4 Å². The quantitative estimate of drug-likeness (QED) is 0.658. The van der Waals surface area contributed by atoms with Crippen LogP contribution in [0.1, 0.15) is 18.4 Å². The van der Waals surface area contributed by atoms with Gasteiger partial charge in [0.25, 0.3) is 5.69 Å². The summed E-state index contributed by atoms with van der Waals surface area (Å²) in [5.74, 6) is 0.635. The predicted octanol–water partition coefficient (Wildman–Crippen LogP) is 2.95. The summed E-state index contributed by atoms with van der Waals surface area (Å²) >= 11 is 3.20. The van der Waals surface area contributed by atoms with Crippen molar-refractivity contribution in [2.24, 2.45) is 11.7 Å². The smallest absolute Gasteiger partial charge is 0.283 e. The van der Waals surface area contributed by atoms with Crippen LogP contribution in [-0.2, 0) is 6.54 Å². The first-order chi connectivity index (χ1) is 9.10. The maximum absolute atomic E-state index is 10.9. The van der Waals surface area contributed by atoms with Crippen molar-refractivity contribution < 1.29 is 4.92 Å². The van der Waals surface area contributed by atoms with Crippen molar-refractivity contribution in [2.75, 3.05) is 19.6 Å². The van der Waals surface area contributed by atoms with Crippen LogP contribution in [0, 0.1) is 16.0 Å². The molecule has 0 atom stereocenters. The first-order valence-corrected chi connectivity index (χ1v) is 7.24. The molecule has 1 heterocycles. The third-order valence-electron chi connectivity index (χ3n) is 3.65. The highest BCUT2D eigenvalue weighted by Crippen LogP contribution is 2.27. The normalized spacial score (nSPS) is 16.7. The Hall–Kier alpha value is -0.690. The van der Waals surface area contributed by atoms with Crippen LogP contribution in [0.4, 0.5) is 5.69 Å². The summed E-state index contributed by atoms with van der Waals surface area (Å²) in [5.41, 5.74) is 6.79. The number of nitrogens with two attached hydrogens (primary N) is 1. The molecular weight excluding hydrogens is 346 g/mol. The first-order valence-electron chi connectivity index (χ1n) is 6.45. The fourth-order valence-electron chi connectivity index (χ4n) is 2.43. The highest BCUT2D eigenvalue weighted by atomic mass is 79.9. The Bertz CT molecular complexity index is 465. The third-order valence-corrected chi connectivity index (χ3v) is 4.32. The van der Waals surface area contributed by atoms with Crippen LogP contribution in [0.15, 0.2) is 22.7 Å². The van der Waals surface area contributed by atoms with Gasteiger partial charge in [0, 0.05) is 12.6 Å². The molecule has 2 N–H and O–H groups in total. The second-order valence-corrected chi connectivity index (χ2v) is 5.85. The molecule has 0 bridgehead atoms. The number of nitrogens with zero attached hydrogens (tertiary/aromatic N) is 2. The van der Waals surface area contributed by atoms with E-state index in [9.17, 15) is 10.1 Å². The van der Waals surface area contributed by atoms with Crippen molar-refractivity contribution in [2.45, 2.75) is 19.4 Å². The number of hydrogen-bond donors (Lipinski definition) is 1. The number of piperidine rings is 1. The van der Waals surface area contributed by atoms with Gasteiger partial charge in [-0.2, -0.15) is 0 Å². The van der Waals surface area contributed by atoms with Crippen LogP contribution >= 0.6 is 28.3 Å². The van der Waals surface area contributed by atoms with E-state index in [0.29, 0.717) is 10.4 Å². The van der Waals surface area contributed by atoms with Crippen molar-refractivity contribution in [1.82, 2.24) is 4.90 Å². The lowest BCUT2D eigenvalue weighted by atomic mass is 9.97. The second-order valence-electron chi connectivity index (χ2n) is 5.00. The number of likely N-dealkylation sites (tertiary alicyclic amines) is 1. The molecule has 5 nitrogen and oxygen atoms in total. The van der Waals surface area contributed by atoms with E-state index in [1.807, 2.05) is 6.07 Å². The SMILES string of the molecule is Cl.NCC1CCN(Cc2ccc(Br)c([N+](=O)[O-])c2)CC1. The highest BCUT2D eigenvalue weighted by Gasteiger charge is 2.19. The van der Waals surface area contributed by atoms with Gasteiger partial charge in [-0.1, -0.05) is 6.07 Å². The highest BCUT2D eigenvalue weighted by molar-refractivity contribution is 9.10. The van der Waals surface area contributed by atoms with Gasteiger partial charge in [-0.25, -0.2) is 0 Å². The third kappa shape index (κ3) is 4.41. The zero-order valence-corrected chi connectivity index (χ0v) is 13.5. The Morgan fingerprint density at radius 2 is 2.05 bits per heavy atom. The zero-order chi connectivity index (χ0) is 13.8. The minimum atomic E-state index is -0.353. The molecule has 0 aliphatic carbocycles. The molecule has 1 fully saturated rings. The first kappa shape index (κ1) is 17.4. The molecule has 7 heteroatoms. The van der Waals surface area contributed by atoms with Crippen LogP contribution in [0.2, 0.25) is 0 Å². The van der Waals surface area contributed by atoms with Crippen molar-refractivity contribution in [3.8, 4) is 0 Å². The molecule has 1 saturated heterocycles. The molecule has 0 aromatic heterocycles. The van der Waals surface area contributed by atoms with Crippen molar-refractivity contribution >= 4 is 34.0 Å². The lowest BCUT2D eigenvalue weighted by Crippen LogP contribution is -2.35. The molecule has 1 aliphatic rings. The predicted molar refractivity (Wildman–Crippen MR) is 85.1 cm³/mol. The van der Waals surface area contributed by atoms with Crippen molar-refractivity contribution in [3.63, 3.8) is 0 Å². The van der Waals surface area contributed by atoms with Gasteiger partial charge >= 0.3 is 0 Å². The van der Waals surface area contributed by atoms with Crippen LogP contribution in [0.25, 0.3) is 0 Å². The molecule has 0 unspecified atom stereocenters. The standard InChI is InChI=1S/C13H18BrN3O2.ClH/c14-12-2-1-11(7-13(12)17(18)19)9-16-5-3-10(8-15)4-6-16;/h1-2,7,10H,3-6,8-9,15H2;1H. The van der Waals surface area contributed by atoms with Gasteiger partial charge in [0.2, 0.25) is 0 Å². The van der Waals surface area contributed by atoms with E-state index in [4.69, 9.17) is 5.73 Å². The van der Waals surface area contributed by atoms with Gasteiger partial charge in [0.15, 0.2) is 0 Å². The van der Waals surface area contributed by atoms with Crippen LogP contribution < -0.4 is 5.73 Å². The molecule has 1 aliphatic heterocycles. The number of rotatable bonds is 4. The van der Waals surface area contributed by atoms with E-state index in [0.717, 1.165) is 44.6 Å². The molecule has 112 valence electrons. The van der Waals surface area contributed by atoms with E-state index >= 15 is 0 Å². The molecular formula is C13H19BrClN3O2. The summed E-state index contributed by atoms with van der Waals surface area (Å²) in [6.45, 7) is 3.57. The second kappa shape index (κ2) is 7.93. The summed E-state index contributed by atoms with van der Waals surface area (Å²) in [7, 11) is 0. The van der Waals surface area contributed by atoms with Gasteiger partial charge in [0.1, 0.15) is 0 Å². The fourth-order valence-corrected chi connectivity index (χ4v) is 2.83.